The number of likely N-dealkylation sites (tertiary alicyclic amines) is 2. The van der Waals surface area contributed by atoms with E-state index < -0.39 is 0 Å². The normalized spacial score (nSPS) is 28.2. The zero-order valence-corrected chi connectivity index (χ0v) is 18.2. The minimum atomic E-state index is 0.308. The molecule has 3 aliphatic heterocycles. The average Bonchev–Trinajstić information content (AvgIpc) is 2.64. The summed E-state index contributed by atoms with van der Waals surface area (Å²) in [7, 11) is 4.21. The van der Waals surface area contributed by atoms with Crippen LogP contribution in [0.4, 0.5) is 0 Å². The van der Waals surface area contributed by atoms with E-state index in [0.717, 1.165) is 25.6 Å². The van der Waals surface area contributed by atoms with Gasteiger partial charge < -0.3 is 15.1 Å². The van der Waals surface area contributed by atoms with Gasteiger partial charge in [-0.2, -0.15) is 11.8 Å². The summed E-state index contributed by atoms with van der Waals surface area (Å²) < 4.78 is 0.313. The highest BCUT2D eigenvalue weighted by atomic mass is 32.2. The van der Waals surface area contributed by atoms with Crippen LogP contribution in [0.2, 0.25) is 0 Å². The molecule has 3 fully saturated rings. The van der Waals surface area contributed by atoms with Crippen LogP contribution in [0, 0.1) is 0 Å². The van der Waals surface area contributed by atoms with E-state index in [0.29, 0.717) is 10.3 Å². The van der Waals surface area contributed by atoms with Crippen LogP contribution in [0.15, 0.2) is 4.99 Å². The second-order valence-electron chi connectivity index (χ2n) is 9.01. The van der Waals surface area contributed by atoms with Gasteiger partial charge in [0.2, 0.25) is 0 Å². The van der Waals surface area contributed by atoms with Gasteiger partial charge >= 0.3 is 0 Å². The van der Waals surface area contributed by atoms with Crippen molar-refractivity contribution in [3.8, 4) is 0 Å². The molecular formula is C20H39N5S. The summed E-state index contributed by atoms with van der Waals surface area (Å²) in [5.41, 5.74) is 0.308. The Kier molecular flexibility index (Phi) is 6.78. The van der Waals surface area contributed by atoms with E-state index in [1.165, 1.54) is 64.0 Å². The van der Waals surface area contributed by atoms with Gasteiger partial charge in [0, 0.05) is 42.7 Å². The van der Waals surface area contributed by atoms with Gasteiger partial charge in [-0.05, 0) is 72.8 Å². The van der Waals surface area contributed by atoms with E-state index in [2.05, 4.69) is 57.7 Å². The second kappa shape index (κ2) is 8.70. The summed E-state index contributed by atoms with van der Waals surface area (Å²) in [5.74, 6) is 2.30. The number of guanidine groups is 1. The summed E-state index contributed by atoms with van der Waals surface area (Å²) >= 11 is 2.08. The van der Waals surface area contributed by atoms with Crippen molar-refractivity contribution in [2.75, 3.05) is 65.7 Å². The molecule has 0 unspecified atom stereocenters. The maximum absolute atomic E-state index is 4.65. The predicted molar refractivity (Wildman–Crippen MR) is 114 cm³/mol. The largest absolute Gasteiger partial charge is 0.354 e. The minimum absolute atomic E-state index is 0.308. The van der Waals surface area contributed by atoms with Gasteiger partial charge in [-0.3, -0.25) is 9.89 Å². The number of hydrogen-bond donors (Lipinski definition) is 1. The summed E-state index contributed by atoms with van der Waals surface area (Å²) in [6, 6.07) is 0. The van der Waals surface area contributed by atoms with E-state index in [9.17, 15) is 0 Å². The molecule has 0 aromatic rings. The summed E-state index contributed by atoms with van der Waals surface area (Å²) in [6.45, 7) is 12.9. The minimum Gasteiger partial charge on any atom is -0.354 e. The lowest BCUT2D eigenvalue weighted by Crippen LogP contribution is -2.62. The van der Waals surface area contributed by atoms with Gasteiger partial charge in [0.25, 0.3) is 0 Å². The first-order valence-electron chi connectivity index (χ1n) is 10.5. The molecule has 5 nitrogen and oxygen atoms in total. The highest BCUT2D eigenvalue weighted by Gasteiger charge is 2.40. The van der Waals surface area contributed by atoms with Crippen LogP contribution < -0.4 is 5.32 Å². The smallest absolute Gasteiger partial charge is 0.193 e. The quantitative estimate of drug-likeness (QED) is 0.599. The number of rotatable bonds is 3. The molecular weight excluding hydrogens is 342 g/mol. The number of piperidine rings is 2. The van der Waals surface area contributed by atoms with Crippen LogP contribution in [0.25, 0.3) is 0 Å². The lowest BCUT2D eigenvalue weighted by atomic mass is 9.84. The van der Waals surface area contributed by atoms with Crippen LogP contribution in [0.3, 0.4) is 0 Å². The zero-order valence-electron chi connectivity index (χ0n) is 17.4. The van der Waals surface area contributed by atoms with Crippen molar-refractivity contribution >= 4 is 17.7 Å². The molecule has 3 aliphatic rings. The van der Waals surface area contributed by atoms with Crippen molar-refractivity contribution in [2.45, 2.75) is 56.2 Å². The molecule has 26 heavy (non-hydrogen) atoms. The first kappa shape index (κ1) is 20.3. The van der Waals surface area contributed by atoms with Crippen LogP contribution in [0.5, 0.6) is 0 Å². The third-order valence-electron chi connectivity index (χ3n) is 6.46. The Hall–Kier alpha value is -0.460. The van der Waals surface area contributed by atoms with Crippen molar-refractivity contribution in [1.29, 1.82) is 0 Å². The number of aliphatic imine (C=N–C) groups is 1. The maximum atomic E-state index is 4.65. The van der Waals surface area contributed by atoms with E-state index >= 15 is 0 Å². The molecule has 0 amide bonds. The molecule has 0 aliphatic carbocycles. The van der Waals surface area contributed by atoms with E-state index in [1.807, 2.05) is 7.05 Å². The molecule has 3 saturated heterocycles. The van der Waals surface area contributed by atoms with Crippen molar-refractivity contribution in [3.05, 3.63) is 0 Å². The first-order valence-corrected chi connectivity index (χ1v) is 11.5. The Morgan fingerprint density at radius 1 is 1.04 bits per heavy atom. The monoisotopic (exact) mass is 381 g/mol. The van der Waals surface area contributed by atoms with E-state index in [-0.39, 0.29) is 0 Å². The van der Waals surface area contributed by atoms with E-state index in [4.69, 9.17) is 0 Å². The number of nitrogens with one attached hydrogen (secondary N) is 1. The van der Waals surface area contributed by atoms with Crippen molar-refractivity contribution in [1.82, 2.24) is 20.0 Å². The highest BCUT2D eigenvalue weighted by molar-refractivity contribution is 8.00. The fourth-order valence-electron chi connectivity index (χ4n) is 4.78. The molecule has 0 spiro atoms. The third-order valence-corrected chi connectivity index (χ3v) is 7.75. The average molecular weight is 382 g/mol. The van der Waals surface area contributed by atoms with Crippen LogP contribution >= 0.6 is 11.8 Å². The van der Waals surface area contributed by atoms with Gasteiger partial charge in [-0.25, -0.2) is 0 Å². The zero-order chi connectivity index (χ0) is 18.6. The second-order valence-corrected chi connectivity index (χ2v) is 10.8. The SMILES string of the molecule is CN=C(NCC1(N2CCCCC2)CCN(C)CC1)N1CCSC(C)(C)C1. The maximum Gasteiger partial charge on any atom is 0.193 e. The highest BCUT2D eigenvalue weighted by Crippen LogP contribution is 2.32. The van der Waals surface area contributed by atoms with Gasteiger partial charge in [0.05, 0.1) is 0 Å². The lowest BCUT2D eigenvalue weighted by molar-refractivity contribution is 0.0169. The van der Waals surface area contributed by atoms with Crippen LogP contribution in [-0.2, 0) is 0 Å². The molecule has 150 valence electrons. The predicted octanol–water partition coefficient (Wildman–Crippen LogP) is 2.34. The first-order chi connectivity index (χ1) is 12.4. The lowest BCUT2D eigenvalue weighted by Gasteiger charge is -2.50. The third kappa shape index (κ3) is 4.87. The molecule has 0 bridgehead atoms. The van der Waals surface area contributed by atoms with Gasteiger partial charge in [0.1, 0.15) is 0 Å². The molecule has 3 rings (SSSR count). The van der Waals surface area contributed by atoms with Crippen molar-refractivity contribution in [3.63, 3.8) is 0 Å². The molecule has 1 N–H and O–H groups in total. The molecule has 0 aromatic carbocycles. The van der Waals surface area contributed by atoms with Gasteiger partial charge in [0.15, 0.2) is 5.96 Å². The molecule has 0 aromatic heterocycles. The Morgan fingerprint density at radius 3 is 2.35 bits per heavy atom. The van der Waals surface area contributed by atoms with Crippen molar-refractivity contribution < 1.29 is 0 Å². The Bertz CT molecular complexity index is 479. The fraction of sp³-hybridized carbons (Fsp3) is 0.950. The topological polar surface area (TPSA) is 34.1 Å². The Balaban J connectivity index is 1.66. The Morgan fingerprint density at radius 2 is 1.73 bits per heavy atom. The van der Waals surface area contributed by atoms with Crippen LogP contribution in [-0.4, -0.2) is 96.6 Å². The molecule has 0 atom stereocenters. The van der Waals surface area contributed by atoms with Gasteiger partial charge in [-0.15, -0.1) is 0 Å². The van der Waals surface area contributed by atoms with Gasteiger partial charge in [-0.1, -0.05) is 6.42 Å². The van der Waals surface area contributed by atoms with Crippen molar-refractivity contribution in [2.24, 2.45) is 4.99 Å². The summed E-state index contributed by atoms with van der Waals surface area (Å²) in [4.78, 5) is 12.4. The molecule has 0 saturated carbocycles. The Labute approximate surface area is 165 Å². The fourth-order valence-corrected chi connectivity index (χ4v) is 5.89. The molecule has 3 heterocycles. The number of thioether (sulfide) groups is 1. The molecule has 6 heteroatoms. The summed E-state index contributed by atoms with van der Waals surface area (Å²) in [6.07, 6.45) is 6.68. The van der Waals surface area contributed by atoms with Crippen LogP contribution in [0.1, 0.15) is 46.0 Å². The molecule has 0 radical (unpaired) electrons. The van der Waals surface area contributed by atoms with E-state index in [1.54, 1.807) is 0 Å². The summed E-state index contributed by atoms with van der Waals surface area (Å²) in [5, 5.41) is 3.81. The standard InChI is InChI=1S/C20H39N5S/c1-19(2)17-24(14-15-26-19)18(21-3)22-16-20(8-12-23(4)13-9-20)25-10-6-5-7-11-25/h5-17H2,1-4H3,(H,21,22). The number of hydrogen-bond acceptors (Lipinski definition) is 4. The number of nitrogens with zero attached hydrogens (tertiary/aromatic N) is 4.